The van der Waals surface area contributed by atoms with Crippen molar-refractivity contribution < 1.29 is 4.79 Å². The number of H-pyrrole nitrogens is 1. The van der Waals surface area contributed by atoms with E-state index in [0.29, 0.717) is 29.5 Å². The van der Waals surface area contributed by atoms with Gasteiger partial charge in [-0.2, -0.15) is 0 Å². The minimum Gasteiger partial charge on any atom is -0.368 e. The van der Waals surface area contributed by atoms with Crippen molar-refractivity contribution in [2.75, 3.05) is 11.4 Å². The van der Waals surface area contributed by atoms with Crippen LogP contribution in [0.4, 0.5) is 5.82 Å². The highest BCUT2D eigenvalue weighted by atomic mass is 16.1. The molecule has 3 aromatic heterocycles. The molecule has 1 aliphatic rings. The maximum absolute atomic E-state index is 11.7. The smallest absolute Gasteiger partial charge is 0.240 e. The van der Waals surface area contributed by atoms with E-state index in [-0.39, 0.29) is 5.91 Å². The fraction of sp³-hybridized carbons (Fsp3) is 0.286. The number of aromatic nitrogens is 5. The van der Waals surface area contributed by atoms with Gasteiger partial charge in [-0.25, -0.2) is 9.97 Å². The van der Waals surface area contributed by atoms with E-state index in [2.05, 4.69) is 25.1 Å². The first-order chi connectivity index (χ1) is 10.6. The highest BCUT2D eigenvalue weighted by Gasteiger charge is 2.32. The molecule has 111 valence electrons. The number of aromatic amines is 1. The molecule has 0 saturated carbocycles. The van der Waals surface area contributed by atoms with Crippen LogP contribution in [0.1, 0.15) is 12.2 Å². The van der Waals surface area contributed by atoms with Crippen LogP contribution in [0, 0.1) is 13.3 Å². The number of rotatable bonds is 2. The van der Waals surface area contributed by atoms with Gasteiger partial charge >= 0.3 is 0 Å². The van der Waals surface area contributed by atoms with E-state index in [9.17, 15) is 4.79 Å². The van der Waals surface area contributed by atoms with Crippen molar-refractivity contribution in [3.63, 3.8) is 0 Å². The SMILES string of the molecule is Cc1nc(N2CC[CH]C2C(N)=O)c2c(nnc3[nH]ccc32)n1. The van der Waals surface area contributed by atoms with E-state index < -0.39 is 6.04 Å². The van der Waals surface area contributed by atoms with Gasteiger partial charge in [0.15, 0.2) is 11.3 Å². The molecule has 1 saturated heterocycles. The lowest BCUT2D eigenvalue weighted by Crippen LogP contribution is -2.41. The molecule has 1 unspecified atom stereocenters. The largest absolute Gasteiger partial charge is 0.368 e. The topological polar surface area (TPSA) is 114 Å². The van der Waals surface area contributed by atoms with Gasteiger partial charge in [-0.15, -0.1) is 10.2 Å². The molecule has 3 N–H and O–H groups in total. The second kappa shape index (κ2) is 4.62. The van der Waals surface area contributed by atoms with Gasteiger partial charge in [-0.05, 0) is 25.8 Å². The summed E-state index contributed by atoms with van der Waals surface area (Å²) in [6, 6.07) is 1.45. The van der Waals surface area contributed by atoms with Gasteiger partial charge in [0.2, 0.25) is 5.91 Å². The zero-order valence-electron chi connectivity index (χ0n) is 11.9. The number of nitrogens with one attached hydrogen (secondary N) is 1. The molecular weight excluding hydrogens is 282 g/mol. The Kier molecular flexibility index (Phi) is 2.72. The highest BCUT2D eigenvalue weighted by Crippen LogP contribution is 2.32. The summed E-state index contributed by atoms with van der Waals surface area (Å²) in [5, 5.41) is 9.95. The molecule has 8 heteroatoms. The second-order valence-electron chi connectivity index (χ2n) is 5.30. The number of hydrogen-bond donors (Lipinski definition) is 2. The Bertz CT molecular complexity index is 887. The lowest BCUT2D eigenvalue weighted by Gasteiger charge is -2.24. The predicted molar refractivity (Wildman–Crippen MR) is 81.0 cm³/mol. The van der Waals surface area contributed by atoms with Crippen molar-refractivity contribution >= 4 is 33.8 Å². The van der Waals surface area contributed by atoms with Crippen molar-refractivity contribution in [2.45, 2.75) is 19.4 Å². The fourth-order valence-corrected chi connectivity index (χ4v) is 2.95. The van der Waals surface area contributed by atoms with Crippen molar-refractivity contribution in [3.05, 3.63) is 24.5 Å². The van der Waals surface area contributed by atoms with E-state index in [1.807, 2.05) is 17.4 Å². The number of carbonyl (C=O) groups is 1. The standard InChI is InChI=1S/C14H14N7O/c1-7-17-13-10(8-4-5-16-12(8)19-20-13)14(18-7)21-6-2-3-9(21)11(15)22/h3-5,9H,2,6H2,1H3,(H2,15,22)(H,16,19). The zero-order chi connectivity index (χ0) is 15.3. The van der Waals surface area contributed by atoms with E-state index in [1.165, 1.54) is 0 Å². The van der Waals surface area contributed by atoms with Crippen LogP contribution in [-0.4, -0.2) is 43.6 Å². The van der Waals surface area contributed by atoms with E-state index in [1.54, 1.807) is 13.1 Å². The van der Waals surface area contributed by atoms with E-state index in [4.69, 9.17) is 5.73 Å². The van der Waals surface area contributed by atoms with Gasteiger partial charge in [-0.1, -0.05) is 0 Å². The molecule has 4 heterocycles. The van der Waals surface area contributed by atoms with Gasteiger partial charge in [-0.3, -0.25) is 4.79 Å². The van der Waals surface area contributed by atoms with Crippen molar-refractivity contribution in [2.24, 2.45) is 5.73 Å². The van der Waals surface area contributed by atoms with Crippen LogP contribution in [-0.2, 0) is 4.79 Å². The lowest BCUT2D eigenvalue weighted by molar-refractivity contribution is -0.118. The normalized spacial score (nSPS) is 18.4. The molecule has 0 aliphatic carbocycles. The van der Waals surface area contributed by atoms with Gasteiger partial charge in [0.1, 0.15) is 17.7 Å². The number of aryl methyl sites for hydroxylation is 1. The minimum atomic E-state index is -0.459. The molecule has 3 aromatic rings. The third kappa shape index (κ3) is 1.80. The number of primary amides is 1. The first-order valence-corrected chi connectivity index (χ1v) is 7.02. The quantitative estimate of drug-likeness (QED) is 0.711. The Morgan fingerprint density at radius 1 is 1.41 bits per heavy atom. The molecule has 4 rings (SSSR count). The first-order valence-electron chi connectivity index (χ1n) is 7.02. The molecule has 1 aliphatic heterocycles. The molecule has 22 heavy (non-hydrogen) atoms. The van der Waals surface area contributed by atoms with Crippen LogP contribution in [0.15, 0.2) is 12.3 Å². The average Bonchev–Trinajstić information content (AvgIpc) is 3.14. The fourth-order valence-electron chi connectivity index (χ4n) is 2.95. The number of fused-ring (bicyclic) bond motifs is 3. The van der Waals surface area contributed by atoms with Crippen LogP contribution in [0.3, 0.4) is 0 Å². The number of anilines is 1. The molecule has 0 aromatic carbocycles. The minimum absolute atomic E-state index is 0.380. The number of nitrogens with zero attached hydrogens (tertiary/aromatic N) is 5. The second-order valence-corrected chi connectivity index (χ2v) is 5.30. The van der Waals surface area contributed by atoms with Gasteiger partial charge in [0.05, 0.1) is 5.39 Å². The molecule has 1 radical (unpaired) electrons. The lowest BCUT2D eigenvalue weighted by atomic mass is 10.2. The summed E-state index contributed by atoms with van der Waals surface area (Å²) in [7, 11) is 0. The summed E-state index contributed by atoms with van der Waals surface area (Å²) >= 11 is 0. The van der Waals surface area contributed by atoms with E-state index in [0.717, 1.165) is 17.2 Å². The van der Waals surface area contributed by atoms with Crippen molar-refractivity contribution in [3.8, 4) is 0 Å². The summed E-state index contributed by atoms with van der Waals surface area (Å²) < 4.78 is 0. The summed E-state index contributed by atoms with van der Waals surface area (Å²) in [6.45, 7) is 2.48. The average molecular weight is 296 g/mol. The maximum Gasteiger partial charge on any atom is 0.240 e. The number of amides is 1. The van der Waals surface area contributed by atoms with Crippen LogP contribution in [0.25, 0.3) is 22.1 Å². The van der Waals surface area contributed by atoms with Crippen LogP contribution < -0.4 is 10.6 Å². The Morgan fingerprint density at radius 2 is 2.27 bits per heavy atom. The predicted octanol–water partition coefficient (Wildman–Crippen LogP) is 0.478. The van der Waals surface area contributed by atoms with Crippen molar-refractivity contribution in [1.29, 1.82) is 0 Å². The summed E-state index contributed by atoms with van der Waals surface area (Å²) in [5.41, 5.74) is 6.70. The molecule has 0 spiro atoms. The Hall–Kier alpha value is -2.77. The van der Waals surface area contributed by atoms with E-state index >= 15 is 0 Å². The third-order valence-corrected chi connectivity index (χ3v) is 3.88. The van der Waals surface area contributed by atoms with Crippen molar-refractivity contribution in [1.82, 2.24) is 25.1 Å². The van der Waals surface area contributed by atoms with Crippen LogP contribution >= 0.6 is 0 Å². The molecule has 1 atom stereocenters. The van der Waals surface area contributed by atoms with Gasteiger partial charge in [0.25, 0.3) is 0 Å². The Balaban J connectivity index is 2.03. The molecule has 8 nitrogen and oxygen atoms in total. The van der Waals surface area contributed by atoms with Crippen LogP contribution in [0.5, 0.6) is 0 Å². The third-order valence-electron chi connectivity index (χ3n) is 3.88. The Morgan fingerprint density at radius 3 is 3.09 bits per heavy atom. The number of nitrogens with two attached hydrogens (primary N) is 1. The highest BCUT2D eigenvalue weighted by molar-refractivity contribution is 6.08. The van der Waals surface area contributed by atoms with Gasteiger partial charge in [0, 0.05) is 18.1 Å². The monoisotopic (exact) mass is 296 g/mol. The summed E-state index contributed by atoms with van der Waals surface area (Å²) in [5.74, 6) is 0.885. The molecule has 0 bridgehead atoms. The number of carbonyl (C=O) groups excluding carboxylic acids is 1. The Labute approximate surface area is 125 Å². The number of hydrogen-bond acceptors (Lipinski definition) is 6. The first kappa shape index (κ1) is 12.9. The van der Waals surface area contributed by atoms with Gasteiger partial charge < -0.3 is 15.6 Å². The molecule has 1 fully saturated rings. The maximum atomic E-state index is 11.7. The molecule has 1 amide bonds. The zero-order valence-corrected chi connectivity index (χ0v) is 11.9. The molecular formula is C14H14N7O. The van der Waals surface area contributed by atoms with Crippen LogP contribution in [0.2, 0.25) is 0 Å². The summed E-state index contributed by atoms with van der Waals surface area (Å²) in [6.07, 6.45) is 4.49. The summed E-state index contributed by atoms with van der Waals surface area (Å²) in [4.78, 5) is 25.5.